The van der Waals surface area contributed by atoms with E-state index in [1.807, 2.05) is 13.1 Å². The van der Waals surface area contributed by atoms with Gasteiger partial charge >= 0.3 is 0 Å². The van der Waals surface area contributed by atoms with E-state index in [0.717, 1.165) is 37.1 Å². The number of aryl methyl sites for hydroxylation is 2. The maximum atomic E-state index is 9.54. The van der Waals surface area contributed by atoms with Crippen LogP contribution >= 0.6 is 0 Å². The predicted octanol–water partition coefficient (Wildman–Crippen LogP) is 3.56. The molecule has 1 saturated heterocycles. The third-order valence-corrected chi connectivity index (χ3v) is 6.00. The second-order valence-electron chi connectivity index (χ2n) is 8.59. The fraction of sp³-hybridized carbons (Fsp3) is 0.609. The average Bonchev–Trinajstić information content (AvgIpc) is 3.06. The van der Waals surface area contributed by atoms with Gasteiger partial charge in [0.2, 0.25) is 0 Å². The van der Waals surface area contributed by atoms with Crippen molar-refractivity contribution in [3.63, 3.8) is 0 Å². The van der Waals surface area contributed by atoms with Crippen LogP contribution in [0.4, 0.5) is 0 Å². The van der Waals surface area contributed by atoms with Crippen molar-refractivity contribution >= 4 is 0 Å². The molecule has 0 atom stereocenters. The molecular formula is C23H36N4O. The van der Waals surface area contributed by atoms with Crippen molar-refractivity contribution in [2.24, 2.45) is 5.92 Å². The number of imidazole rings is 1. The number of aliphatic hydroxyl groups is 1. The number of nitrogens with one attached hydrogen (secondary N) is 1. The Morgan fingerprint density at radius 2 is 1.86 bits per heavy atom. The van der Waals surface area contributed by atoms with Gasteiger partial charge < -0.3 is 10.1 Å². The van der Waals surface area contributed by atoms with Crippen LogP contribution in [0.25, 0.3) is 0 Å². The lowest BCUT2D eigenvalue weighted by Crippen LogP contribution is -2.32. The van der Waals surface area contributed by atoms with Crippen LogP contribution in [0, 0.1) is 26.7 Å². The highest BCUT2D eigenvalue weighted by Crippen LogP contribution is 2.23. The zero-order chi connectivity index (χ0) is 20.1. The van der Waals surface area contributed by atoms with Crippen LogP contribution in [0.2, 0.25) is 0 Å². The van der Waals surface area contributed by atoms with Gasteiger partial charge in [-0.2, -0.15) is 0 Å². The number of piperidine rings is 1. The number of likely N-dealkylation sites (tertiary alicyclic amines) is 1. The van der Waals surface area contributed by atoms with Gasteiger partial charge in [0, 0.05) is 38.1 Å². The maximum absolute atomic E-state index is 9.54. The molecule has 0 spiro atoms. The Morgan fingerprint density at radius 1 is 1.14 bits per heavy atom. The summed E-state index contributed by atoms with van der Waals surface area (Å²) in [5.41, 5.74) is 6.63. The normalized spacial score (nSPS) is 16.2. The third kappa shape index (κ3) is 5.66. The van der Waals surface area contributed by atoms with E-state index in [1.54, 1.807) is 0 Å². The van der Waals surface area contributed by atoms with Crippen molar-refractivity contribution in [1.29, 1.82) is 0 Å². The molecule has 5 nitrogen and oxygen atoms in total. The van der Waals surface area contributed by atoms with Crippen LogP contribution in [0.5, 0.6) is 0 Å². The van der Waals surface area contributed by atoms with Crippen LogP contribution in [0.1, 0.15) is 53.5 Å². The summed E-state index contributed by atoms with van der Waals surface area (Å²) < 4.78 is 0. The molecule has 1 fully saturated rings. The largest absolute Gasteiger partial charge is 0.395 e. The van der Waals surface area contributed by atoms with Crippen molar-refractivity contribution in [3.8, 4) is 0 Å². The van der Waals surface area contributed by atoms with Gasteiger partial charge in [0.1, 0.15) is 5.82 Å². The van der Waals surface area contributed by atoms with Crippen molar-refractivity contribution in [1.82, 2.24) is 19.8 Å². The van der Waals surface area contributed by atoms with E-state index in [9.17, 15) is 5.11 Å². The number of nitrogens with zero attached hydrogens (tertiary/aromatic N) is 3. The Bertz CT molecular complexity index is 762. The number of aliphatic hydroxyl groups excluding tert-OH is 1. The summed E-state index contributed by atoms with van der Waals surface area (Å²) in [4.78, 5) is 12.5. The van der Waals surface area contributed by atoms with E-state index in [1.165, 1.54) is 48.2 Å². The molecule has 1 aromatic carbocycles. The third-order valence-electron chi connectivity index (χ3n) is 6.00. The number of rotatable bonds is 8. The van der Waals surface area contributed by atoms with Crippen LogP contribution in [-0.2, 0) is 19.6 Å². The minimum absolute atomic E-state index is 0.163. The molecule has 0 unspecified atom stereocenters. The molecule has 2 heterocycles. The first-order valence-corrected chi connectivity index (χ1v) is 10.6. The van der Waals surface area contributed by atoms with Gasteiger partial charge in [0.15, 0.2) is 0 Å². The standard InChI is InChI=1S/C23H36N4O/c1-17-5-7-26(8-6-17)14-21-11-18(2)12-22(19(21)3)15-27(9-10-28)16-23-13-24-20(4)25-23/h11-13,17,28H,5-10,14-16H2,1-4H3,(H,24,25). The Kier molecular flexibility index (Phi) is 7.27. The predicted molar refractivity (Wildman–Crippen MR) is 114 cm³/mol. The molecule has 2 aromatic rings. The molecule has 28 heavy (non-hydrogen) atoms. The van der Waals surface area contributed by atoms with Crippen molar-refractivity contribution in [2.45, 2.75) is 60.2 Å². The van der Waals surface area contributed by atoms with Gasteiger partial charge in [0.05, 0.1) is 6.61 Å². The van der Waals surface area contributed by atoms with Gasteiger partial charge in [-0.25, -0.2) is 4.98 Å². The van der Waals surface area contributed by atoms with Crippen LogP contribution in [-0.4, -0.2) is 51.1 Å². The van der Waals surface area contributed by atoms with Gasteiger partial charge in [-0.1, -0.05) is 24.6 Å². The molecule has 1 aliphatic heterocycles. The lowest BCUT2D eigenvalue weighted by Gasteiger charge is -2.31. The Labute approximate surface area is 169 Å². The second kappa shape index (κ2) is 9.68. The average molecular weight is 385 g/mol. The minimum Gasteiger partial charge on any atom is -0.395 e. The Hall–Kier alpha value is -1.69. The molecule has 1 aliphatic rings. The summed E-state index contributed by atoms with van der Waals surface area (Å²) in [6.07, 6.45) is 4.52. The number of hydrogen-bond donors (Lipinski definition) is 2. The fourth-order valence-electron chi connectivity index (χ4n) is 4.19. The van der Waals surface area contributed by atoms with E-state index in [4.69, 9.17) is 0 Å². The van der Waals surface area contributed by atoms with Crippen molar-refractivity contribution < 1.29 is 5.11 Å². The highest BCUT2D eigenvalue weighted by molar-refractivity contribution is 5.38. The number of aromatic nitrogens is 2. The highest BCUT2D eigenvalue weighted by atomic mass is 16.3. The number of benzene rings is 1. The SMILES string of the molecule is Cc1cc(CN2CCC(C)CC2)c(C)c(CN(CCO)Cc2cnc(C)[nH]2)c1. The van der Waals surface area contributed by atoms with Gasteiger partial charge in [0.25, 0.3) is 0 Å². The smallest absolute Gasteiger partial charge is 0.103 e. The molecule has 0 amide bonds. The lowest BCUT2D eigenvalue weighted by atomic mass is 9.95. The van der Waals surface area contributed by atoms with Gasteiger partial charge in [-0.3, -0.25) is 9.80 Å². The lowest BCUT2D eigenvalue weighted by molar-refractivity contribution is 0.181. The Balaban J connectivity index is 1.73. The first-order valence-electron chi connectivity index (χ1n) is 10.6. The number of H-pyrrole nitrogens is 1. The molecule has 0 saturated carbocycles. The van der Waals surface area contributed by atoms with E-state index < -0.39 is 0 Å². The topological polar surface area (TPSA) is 55.4 Å². The minimum atomic E-state index is 0.163. The zero-order valence-corrected chi connectivity index (χ0v) is 18.0. The Morgan fingerprint density at radius 3 is 2.50 bits per heavy atom. The number of hydrogen-bond acceptors (Lipinski definition) is 4. The quantitative estimate of drug-likeness (QED) is 0.731. The van der Waals surface area contributed by atoms with E-state index >= 15 is 0 Å². The first kappa shape index (κ1) is 21.0. The number of aromatic amines is 1. The van der Waals surface area contributed by atoms with Gasteiger partial charge in [-0.05, 0) is 69.3 Å². The van der Waals surface area contributed by atoms with E-state index in [0.29, 0.717) is 6.54 Å². The maximum Gasteiger partial charge on any atom is 0.103 e. The summed E-state index contributed by atoms with van der Waals surface area (Å²) in [5.74, 6) is 1.80. The second-order valence-corrected chi connectivity index (χ2v) is 8.59. The van der Waals surface area contributed by atoms with Crippen LogP contribution in [0.15, 0.2) is 18.3 Å². The van der Waals surface area contributed by atoms with Crippen LogP contribution < -0.4 is 0 Å². The highest BCUT2D eigenvalue weighted by Gasteiger charge is 2.18. The van der Waals surface area contributed by atoms with E-state index in [-0.39, 0.29) is 6.61 Å². The molecule has 5 heteroatoms. The molecule has 0 radical (unpaired) electrons. The molecule has 0 aliphatic carbocycles. The molecule has 3 rings (SSSR count). The fourth-order valence-corrected chi connectivity index (χ4v) is 4.19. The summed E-state index contributed by atoms with van der Waals surface area (Å²) in [6, 6.07) is 4.66. The van der Waals surface area contributed by atoms with E-state index in [2.05, 4.69) is 52.7 Å². The molecular weight excluding hydrogens is 348 g/mol. The molecule has 154 valence electrons. The monoisotopic (exact) mass is 384 g/mol. The summed E-state index contributed by atoms with van der Waals surface area (Å²) in [6.45, 7) is 14.7. The molecule has 1 aromatic heterocycles. The first-order chi connectivity index (χ1) is 13.4. The van der Waals surface area contributed by atoms with Gasteiger partial charge in [-0.15, -0.1) is 0 Å². The zero-order valence-electron chi connectivity index (χ0n) is 18.0. The summed E-state index contributed by atoms with van der Waals surface area (Å²) in [7, 11) is 0. The van der Waals surface area contributed by atoms with Crippen molar-refractivity contribution in [3.05, 3.63) is 52.1 Å². The van der Waals surface area contributed by atoms with Crippen molar-refractivity contribution in [2.75, 3.05) is 26.2 Å². The molecule has 2 N–H and O–H groups in total. The molecule has 0 bridgehead atoms. The summed E-state index contributed by atoms with van der Waals surface area (Å²) >= 11 is 0. The summed E-state index contributed by atoms with van der Waals surface area (Å²) in [5, 5.41) is 9.54. The van der Waals surface area contributed by atoms with Crippen LogP contribution in [0.3, 0.4) is 0 Å².